The van der Waals surface area contributed by atoms with E-state index in [0.717, 1.165) is 0 Å². The third-order valence-corrected chi connectivity index (χ3v) is 3.47. The Morgan fingerprint density at radius 2 is 1.29 bits per heavy atom. The van der Waals surface area contributed by atoms with E-state index in [1.165, 1.54) is 36.4 Å². The Labute approximate surface area is 160 Å². The number of rotatable bonds is 12. The maximum Gasteiger partial charge on any atom is 0.311 e. The highest BCUT2D eigenvalue weighted by Crippen LogP contribution is 2.30. The number of nitro benzene ring substituents is 2. The molecule has 0 fully saturated rings. The lowest BCUT2D eigenvalue weighted by atomic mass is 10.3. The molecule has 0 saturated heterocycles. The Morgan fingerprint density at radius 3 is 1.75 bits per heavy atom. The van der Waals surface area contributed by atoms with Crippen LogP contribution in [0.5, 0.6) is 11.5 Å². The van der Waals surface area contributed by atoms with Gasteiger partial charge < -0.3 is 18.9 Å². The summed E-state index contributed by atoms with van der Waals surface area (Å²) in [6, 6.07) is 11.5. The maximum absolute atomic E-state index is 11.2. The van der Waals surface area contributed by atoms with Crippen molar-refractivity contribution in [1.82, 2.24) is 0 Å². The van der Waals surface area contributed by atoms with Gasteiger partial charge in [-0.15, -0.1) is 0 Å². The highest BCUT2D eigenvalue weighted by atomic mass is 16.7. The molecule has 0 unspecified atom stereocenters. The van der Waals surface area contributed by atoms with E-state index in [2.05, 4.69) is 0 Å². The van der Waals surface area contributed by atoms with Crippen LogP contribution in [-0.4, -0.2) is 42.6 Å². The van der Waals surface area contributed by atoms with Gasteiger partial charge in [-0.2, -0.15) is 0 Å². The largest absolute Gasteiger partial charge is 0.445 e. The zero-order valence-electron chi connectivity index (χ0n) is 15.2. The summed E-state index contributed by atoms with van der Waals surface area (Å²) in [5.74, 6) is -0.0750. The first-order valence-electron chi connectivity index (χ1n) is 8.48. The van der Waals surface area contributed by atoms with Crippen molar-refractivity contribution in [2.45, 2.75) is 13.2 Å². The third-order valence-electron chi connectivity index (χ3n) is 3.47. The van der Waals surface area contributed by atoms with Crippen LogP contribution >= 0.6 is 0 Å². The Balaban J connectivity index is 2.18. The van der Waals surface area contributed by atoms with Gasteiger partial charge >= 0.3 is 11.4 Å². The van der Waals surface area contributed by atoms with Crippen LogP contribution in [0.15, 0.2) is 48.5 Å². The van der Waals surface area contributed by atoms with Gasteiger partial charge in [0.05, 0.1) is 23.1 Å². The Hall–Kier alpha value is -3.24. The minimum atomic E-state index is -1.15. The monoisotopic (exact) mass is 392 g/mol. The molecular weight excluding hydrogens is 372 g/mol. The summed E-state index contributed by atoms with van der Waals surface area (Å²) in [6.07, 6.45) is -1.15. The molecule has 2 aromatic carbocycles. The van der Waals surface area contributed by atoms with Crippen molar-refractivity contribution >= 4 is 11.4 Å². The van der Waals surface area contributed by atoms with E-state index in [9.17, 15) is 20.2 Å². The first-order chi connectivity index (χ1) is 13.5. The van der Waals surface area contributed by atoms with Crippen LogP contribution in [0.1, 0.15) is 6.92 Å². The average Bonchev–Trinajstić information content (AvgIpc) is 2.68. The van der Waals surface area contributed by atoms with E-state index in [1.807, 2.05) is 6.92 Å². The van der Waals surface area contributed by atoms with Crippen molar-refractivity contribution in [3.05, 3.63) is 68.8 Å². The van der Waals surface area contributed by atoms with Crippen LogP contribution in [0.4, 0.5) is 11.4 Å². The first-order valence-corrected chi connectivity index (χ1v) is 8.48. The fourth-order valence-electron chi connectivity index (χ4n) is 2.23. The number of para-hydroxylation sites is 4. The standard InChI is InChI=1S/C18H20N2O8/c1-2-25-11-12-26-13-18(27-16-9-5-3-7-14(16)19(21)22)28-17-10-6-4-8-15(17)20(23)24/h3-10,18H,2,11-13H2,1H3. The molecule has 0 aliphatic rings. The third kappa shape index (κ3) is 6.18. The van der Waals surface area contributed by atoms with Gasteiger partial charge in [0, 0.05) is 18.7 Å². The van der Waals surface area contributed by atoms with Crippen LogP contribution in [0.2, 0.25) is 0 Å². The van der Waals surface area contributed by atoms with Gasteiger partial charge in [-0.1, -0.05) is 24.3 Å². The smallest absolute Gasteiger partial charge is 0.311 e. The number of nitro groups is 2. The molecule has 2 aromatic rings. The molecule has 0 heterocycles. The second kappa shape index (κ2) is 10.8. The molecular formula is C18H20N2O8. The molecule has 10 heteroatoms. The van der Waals surface area contributed by atoms with Gasteiger partial charge in [-0.05, 0) is 19.1 Å². The van der Waals surface area contributed by atoms with E-state index in [4.69, 9.17) is 18.9 Å². The molecule has 0 aliphatic heterocycles. The van der Waals surface area contributed by atoms with Crippen molar-refractivity contribution < 1.29 is 28.8 Å². The van der Waals surface area contributed by atoms with Gasteiger partial charge in [0.1, 0.15) is 6.61 Å². The molecule has 0 saturated carbocycles. The summed E-state index contributed by atoms with van der Waals surface area (Å²) >= 11 is 0. The summed E-state index contributed by atoms with van der Waals surface area (Å²) in [6.45, 7) is 2.85. The summed E-state index contributed by atoms with van der Waals surface area (Å²) in [4.78, 5) is 21.2. The number of benzene rings is 2. The van der Waals surface area contributed by atoms with Crippen molar-refractivity contribution in [1.29, 1.82) is 0 Å². The van der Waals surface area contributed by atoms with Crippen molar-refractivity contribution in [2.24, 2.45) is 0 Å². The number of hydrogen-bond acceptors (Lipinski definition) is 8. The van der Waals surface area contributed by atoms with E-state index in [0.29, 0.717) is 13.2 Å². The molecule has 0 bridgehead atoms. The fraction of sp³-hybridized carbons (Fsp3) is 0.333. The molecule has 0 N–H and O–H groups in total. The summed E-state index contributed by atoms with van der Waals surface area (Å²) in [5.41, 5.74) is -0.513. The van der Waals surface area contributed by atoms with Gasteiger partial charge in [-0.25, -0.2) is 0 Å². The molecule has 0 atom stereocenters. The Morgan fingerprint density at radius 1 is 0.821 bits per heavy atom. The van der Waals surface area contributed by atoms with Crippen molar-refractivity contribution in [2.75, 3.05) is 26.4 Å². The van der Waals surface area contributed by atoms with Crippen LogP contribution in [0.25, 0.3) is 0 Å². The predicted molar refractivity (Wildman–Crippen MR) is 98.5 cm³/mol. The van der Waals surface area contributed by atoms with Crippen LogP contribution in [0.3, 0.4) is 0 Å². The van der Waals surface area contributed by atoms with E-state index in [-0.39, 0.29) is 36.1 Å². The average molecular weight is 392 g/mol. The Kier molecular flexibility index (Phi) is 8.12. The zero-order valence-corrected chi connectivity index (χ0v) is 15.2. The zero-order chi connectivity index (χ0) is 20.4. The van der Waals surface area contributed by atoms with Crippen molar-refractivity contribution in [3.63, 3.8) is 0 Å². The quantitative estimate of drug-likeness (QED) is 0.233. The highest BCUT2D eigenvalue weighted by Gasteiger charge is 2.23. The summed E-state index contributed by atoms with van der Waals surface area (Å²) in [5, 5.41) is 22.4. The van der Waals surface area contributed by atoms with Crippen molar-refractivity contribution in [3.8, 4) is 11.5 Å². The molecule has 0 radical (unpaired) electrons. The maximum atomic E-state index is 11.2. The highest BCUT2D eigenvalue weighted by molar-refractivity contribution is 5.47. The molecule has 0 aliphatic carbocycles. The second-order valence-corrected chi connectivity index (χ2v) is 5.39. The van der Waals surface area contributed by atoms with Crippen LogP contribution in [-0.2, 0) is 9.47 Å². The summed E-state index contributed by atoms with van der Waals surface area (Å²) in [7, 11) is 0. The minimum Gasteiger partial charge on any atom is -0.445 e. The lowest BCUT2D eigenvalue weighted by Gasteiger charge is -2.20. The topological polar surface area (TPSA) is 123 Å². The minimum absolute atomic E-state index is 0.0375. The number of nitrogens with zero attached hydrogens (tertiary/aromatic N) is 2. The molecule has 2 rings (SSSR count). The van der Waals surface area contributed by atoms with Gasteiger partial charge in [0.2, 0.25) is 11.5 Å². The van der Waals surface area contributed by atoms with E-state index < -0.39 is 16.1 Å². The SMILES string of the molecule is CCOCCOCC(Oc1ccccc1[N+](=O)[O-])Oc1ccccc1[N+](=O)[O-]. The fourth-order valence-corrected chi connectivity index (χ4v) is 2.23. The van der Waals surface area contributed by atoms with Crippen LogP contribution < -0.4 is 9.47 Å². The molecule has 0 amide bonds. The van der Waals surface area contributed by atoms with Gasteiger partial charge in [-0.3, -0.25) is 20.2 Å². The van der Waals surface area contributed by atoms with Gasteiger partial charge in [0.25, 0.3) is 6.29 Å². The van der Waals surface area contributed by atoms with Gasteiger partial charge in [0.15, 0.2) is 0 Å². The summed E-state index contributed by atoms with van der Waals surface area (Å²) < 4.78 is 21.8. The number of hydrogen-bond donors (Lipinski definition) is 0. The van der Waals surface area contributed by atoms with E-state index >= 15 is 0 Å². The lowest BCUT2D eigenvalue weighted by Crippen LogP contribution is -2.30. The lowest BCUT2D eigenvalue weighted by molar-refractivity contribution is -0.387. The predicted octanol–water partition coefficient (Wildman–Crippen LogP) is 3.34. The van der Waals surface area contributed by atoms with E-state index in [1.54, 1.807) is 12.1 Å². The number of ether oxygens (including phenoxy) is 4. The second-order valence-electron chi connectivity index (χ2n) is 5.39. The molecule has 150 valence electrons. The van der Waals surface area contributed by atoms with Crippen LogP contribution in [0, 0.1) is 20.2 Å². The Bertz CT molecular complexity index is 739. The molecule has 28 heavy (non-hydrogen) atoms. The molecule has 0 aromatic heterocycles. The normalized spacial score (nSPS) is 10.6. The first kappa shape index (κ1) is 21.1. The molecule has 0 spiro atoms. The molecule has 10 nitrogen and oxygen atoms in total.